The molecule has 3 aliphatic heterocycles. The lowest BCUT2D eigenvalue weighted by atomic mass is 9.97. The van der Waals surface area contributed by atoms with Crippen molar-refractivity contribution in [1.29, 1.82) is 0 Å². The van der Waals surface area contributed by atoms with Crippen molar-refractivity contribution in [2.45, 2.75) is 57.0 Å². The summed E-state index contributed by atoms with van der Waals surface area (Å²) >= 11 is 0. The molecule has 1 amide bonds. The fourth-order valence-electron chi connectivity index (χ4n) is 4.52. The second-order valence-electron chi connectivity index (χ2n) is 7.88. The lowest BCUT2D eigenvalue weighted by molar-refractivity contribution is -0.140. The molecule has 2 N–H and O–H groups in total. The Kier molecular flexibility index (Phi) is 4.62. The number of likely N-dealkylation sites (tertiary alicyclic amines) is 1. The van der Waals surface area contributed by atoms with Gasteiger partial charge >= 0.3 is 0 Å². The fraction of sp³-hybridized carbons (Fsp3) is 0.550. The number of rotatable bonds is 3. The molecule has 1 aromatic carbocycles. The molecule has 4 heterocycles. The Hall–Kier alpha value is -2.29. The van der Waals surface area contributed by atoms with Crippen LogP contribution in [0, 0.1) is 0 Å². The molecule has 0 aliphatic carbocycles. The van der Waals surface area contributed by atoms with Crippen molar-refractivity contribution in [3.63, 3.8) is 0 Å². The fourth-order valence-corrected chi connectivity index (χ4v) is 4.52. The number of aromatic nitrogens is 3. The Labute approximate surface area is 164 Å². The van der Waals surface area contributed by atoms with E-state index in [1.54, 1.807) is 6.20 Å². The lowest BCUT2D eigenvalue weighted by Gasteiger charge is -2.41. The molecule has 8 heteroatoms. The largest absolute Gasteiger partial charge is 0.370 e. The van der Waals surface area contributed by atoms with Gasteiger partial charge < -0.3 is 9.64 Å². The summed E-state index contributed by atoms with van der Waals surface area (Å²) < 4.78 is 7.88. The minimum atomic E-state index is -0.216. The first kappa shape index (κ1) is 17.8. The maximum atomic E-state index is 13.1. The monoisotopic (exact) mass is 382 g/mol. The number of nitrogens with zero attached hydrogens (tertiary/aromatic N) is 4. The van der Waals surface area contributed by atoms with E-state index in [1.165, 1.54) is 11.1 Å². The third kappa shape index (κ3) is 3.11. The number of hydrogen-bond donors (Lipinski definition) is 2. The van der Waals surface area contributed by atoms with E-state index in [2.05, 4.69) is 52.4 Å². The molecule has 2 saturated heterocycles. The quantitative estimate of drug-likeness (QED) is 0.828. The summed E-state index contributed by atoms with van der Waals surface area (Å²) in [6.45, 7) is 4.04. The molecule has 4 atom stereocenters. The minimum absolute atomic E-state index is 0.0516. The molecular weight excluding hydrogens is 356 g/mol. The molecule has 0 radical (unpaired) electrons. The van der Waals surface area contributed by atoms with E-state index in [9.17, 15) is 4.79 Å². The summed E-state index contributed by atoms with van der Waals surface area (Å²) in [5, 5.41) is 8.22. The SMILES string of the molecule is CCc1ccc(C2CC(C(=O)N3CC[C@@H]4OCc5cnnn5[C@@H]4C3)NN2)cc1. The first-order valence-corrected chi connectivity index (χ1v) is 10.1. The van der Waals surface area contributed by atoms with Crippen molar-refractivity contribution in [1.82, 2.24) is 30.7 Å². The van der Waals surface area contributed by atoms with E-state index in [4.69, 9.17) is 4.74 Å². The number of piperidine rings is 1. The van der Waals surface area contributed by atoms with Gasteiger partial charge in [-0.25, -0.2) is 15.5 Å². The number of carbonyl (C=O) groups excluding carboxylic acids is 1. The molecule has 8 nitrogen and oxygen atoms in total. The highest BCUT2D eigenvalue weighted by Gasteiger charge is 2.40. The Morgan fingerprint density at radius 2 is 2.14 bits per heavy atom. The van der Waals surface area contributed by atoms with Crippen LogP contribution in [-0.4, -0.2) is 51.0 Å². The summed E-state index contributed by atoms with van der Waals surface area (Å²) in [7, 11) is 0. The zero-order valence-corrected chi connectivity index (χ0v) is 16.0. The first-order chi connectivity index (χ1) is 13.7. The second kappa shape index (κ2) is 7.27. The van der Waals surface area contributed by atoms with Gasteiger partial charge in [0.2, 0.25) is 5.91 Å². The van der Waals surface area contributed by atoms with E-state index in [0.717, 1.165) is 31.5 Å². The number of hydrogen-bond acceptors (Lipinski definition) is 6. The van der Waals surface area contributed by atoms with Gasteiger partial charge in [-0.15, -0.1) is 5.10 Å². The molecule has 0 bridgehead atoms. The van der Waals surface area contributed by atoms with Gasteiger partial charge in [-0.3, -0.25) is 4.79 Å². The van der Waals surface area contributed by atoms with Crippen molar-refractivity contribution in [3.8, 4) is 0 Å². The summed E-state index contributed by atoms with van der Waals surface area (Å²) in [6.07, 6.45) is 4.47. The summed E-state index contributed by atoms with van der Waals surface area (Å²) in [6, 6.07) is 8.62. The lowest BCUT2D eigenvalue weighted by Crippen LogP contribution is -2.54. The third-order valence-corrected chi connectivity index (χ3v) is 6.23. The number of amides is 1. The number of aryl methyl sites for hydroxylation is 1. The molecule has 2 fully saturated rings. The van der Waals surface area contributed by atoms with E-state index in [0.29, 0.717) is 13.2 Å². The second-order valence-corrected chi connectivity index (χ2v) is 7.88. The number of ether oxygens (including phenoxy) is 1. The van der Waals surface area contributed by atoms with Gasteiger partial charge in [0.15, 0.2) is 0 Å². The highest BCUT2D eigenvalue weighted by Crippen LogP contribution is 2.31. The standard InChI is InChI=1S/C20H26N6O2/c1-2-13-3-5-14(6-4-13)16-9-17(23-22-16)20(27)25-8-7-19-18(11-25)26-15(12-28-19)10-21-24-26/h3-6,10,16-19,22-23H,2,7-9,11-12H2,1H3/t16?,17?,18-,19+/m1/s1. The van der Waals surface area contributed by atoms with Crippen LogP contribution < -0.4 is 10.9 Å². The predicted octanol–water partition coefficient (Wildman–Crippen LogP) is 1.12. The maximum Gasteiger partial charge on any atom is 0.241 e. The maximum absolute atomic E-state index is 13.1. The number of hydrazine groups is 1. The summed E-state index contributed by atoms with van der Waals surface area (Å²) in [5.41, 5.74) is 10.0. The zero-order valence-electron chi connectivity index (χ0n) is 16.0. The van der Waals surface area contributed by atoms with Crippen LogP contribution in [0.15, 0.2) is 30.5 Å². The van der Waals surface area contributed by atoms with E-state index in [-0.39, 0.29) is 30.1 Å². The van der Waals surface area contributed by atoms with Gasteiger partial charge in [0.05, 0.1) is 30.6 Å². The number of benzene rings is 1. The topological polar surface area (TPSA) is 84.3 Å². The van der Waals surface area contributed by atoms with Gasteiger partial charge in [0.25, 0.3) is 0 Å². The van der Waals surface area contributed by atoms with Gasteiger partial charge in [-0.2, -0.15) is 0 Å². The molecule has 2 unspecified atom stereocenters. The van der Waals surface area contributed by atoms with E-state index in [1.807, 2.05) is 9.58 Å². The first-order valence-electron chi connectivity index (χ1n) is 10.1. The van der Waals surface area contributed by atoms with Crippen molar-refractivity contribution in [3.05, 3.63) is 47.3 Å². The summed E-state index contributed by atoms with van der Waals surface area (Å²) in [4.78, 5) is 15.1. The molecule has 0 saturated carbocycles. The normalized spacial score (nSPS) is 29.4. The molecule has 5 rings (SSSR count). The zero-order chi connectivity index (χ0) is 19.1. The van der Waals surface area contributed by atoms with E-state index < -0.39 is 0 Å². The molecule has 2 aromatic rings. The van der Waals surface area contributed by atoms with Gasteiger partial charge in [0.1, 0.15) is 6.04 Å². The van der Waals surface area contributed by atoms with Crippen LogP contribution in [0.5, 0.6) is 0 Å². The van der Waals surface area contributed by atoms with E-state index >= 15 is 0 Å². The molecule has 28 heavy (non-hydrogen) atoms. The number of fused-ring (bicyclic) bond motifs is 3. The molecule has 148 valence electrons. The van der Waals surface area contributed by atoms with Crippen molar-refractivity contribution in [2.24, 2.45) is 0 Å². The van der Waals surface area contributed by atoms with Gasteiger partial charge in [-0.05, 0) is 30.4 Å². The average molecular weight is 382 g/mol. The van der Waals surface area contributed by atoms with Crippen molar-refractivity contribution >= 4 is 5.91 Å². The van der Waals surface area contributed by atoms with Crippen LogP contribution in [0.3, 0.4) is 0 Å². The Morgan fingerprint density at radius 3 is 2.96 bits per heavy atom. The van der Waals surface area contributed by atoms with Gasteiger partial charge in [0, 0.05) is 19.1 Å². The Bertz CT molecular complexity index is 851. The van der Waals surface area contributed by atoms with Crippen LogP contribution in [0.4, 0.5) is 0 Å². The number of nitrogens with one attached hydrogen (secondary N) is 2. The van der Waals surface area contributed by atoms with Crippen LogP contribution in [0.2, 0.25) is 0 Å². The smallest absolute Gasteiger partial charge is 0.241 e. The highest BCUT2D eigenvalue weighted by atomic mass is 16.5. The van der Waals surface area contributed by atoms with Gasteiger partial charge in [-0.1, -0.05) is 36.4 Å². The minimum Gasteiger partial charge on any atom is -0.370 e. The van der Waals surface area contributed by atoms with Crippen LogP contribution in [0.25, 0.3) is 0 Å². The molecule has 0 spiro atoms. The average Bonchev–Trinajstić information content (AvgIpc) is 3.42. The number of carbonyl (C=O) groups is 1. The van der Waals surface area contributed by atoms with Crippen molar-refractivity contribution in [2.75, 3.05) is 13.1 Å². The van der Waals surface area contributed by atoms with Crippen LogP contribution in [0.1, 0.15) is 48.7 Å². The van der Waals surface area contributed by atoms with Crippen LogP contribution >= 0.6 is 0 Å². The molecule has 3 aliphatic rings. The molecule has 1 aromatic heterocycles. The Morgan fingerprint density at radius 1 is 1.29 bits per heavy atom. The Balaban J connectivity index is 1.25. The summed E-state index contributed by atoms with van der Waals surface area (Å²) in [5.74, 6) is 0.144. The highest BCUT2D eigenvalue weighted by molar-refractivity contribution is 5.82. The third-order valence-electron chi connectivity index (χ3n) is 6.23. The predicted molar refractivity (Wildman–Crippen MR) is 102 cm³/mol. The van der Waals surface area contributed by atoms with Crippen molar-refractivity contribution < 1.29 is 9.53 Å². The molecular formula is C20H26N6O2. The van der Waals surface area contributed by atoms with Crippen LogP contribution in [-0.2, 0) is 22.6 Å².